The first kappa shape index (κ1) is 12.1. The third-order valence-electron chi connectivity index (χ3n) is 3.83. The van der Waals surface area contributed by atoms with E-state index in [2.05, 4.69) is 20.3 Å². The summed E-state index contributed by atoms with van der Waals surface area (Å²) in [5, 5.41) is 7.73. The Kier molecular flexibility index (Phi) is 2.70. The minimum atomic E-state index is 0.0707. The number of rotatable bonds is 3. The van der Waals surface area contributed by atoms with Crippen LogP contribution in [-0.4, -0.2) is 48.9 Å². The van der Waals surface area contributed by atoms with E-state index in [0.29, 0.717) is 11.5 Å². The van der Waals surface area contributed by atoms with Gasteiger partial charge in [0, 0.05) is 37.3 Å². The van der Waals surface area contributed by atoms with Gasteiger partial charge in [-0.1, -0.05) is 5.21 Å². The first-order valence-corrected chi connectivity index (χ1v) is 6.86. The van der Waals surface area contributed by atoms with Crippen LogP contribution in [0, 0.1) is 5.92 Å². The van der Waals surface area contributed by atoms with Gasteiger partial charge in [-0.15, -0.1) is 5.10 Å². The van der Waals surface area contributed by atoms with Crippen molar-refractivity contribution in [3.63, 3.8) is 0 Å². The van der Waals surface area contributed by atoms with Crippen molar-refractivity contribution in [2.24, 2.45) is 5.92 Å². The molecule has 4 rings (SSSR count). The van der Waals surface area contributed by atoms with E-state index in [9.17, 15) is 4.79 Å². The average molecular weight is 282 g/mol. The highest BCUT2D eigenvalue weighted by atomic mass is 16.2. The second kappa shape index (κ2) is 4.69. The SMILES string of the molecule is O=C(c1ccc2nc[nH]c2c1)N1CC(Cn2ccnn2)C1. The fourth-order valence-corrected chi connectivity index (χ4v) is 2.70. The maximum Gasteiger partial charge on any atom is 0.253 e. The molecule has 2 aromatic heterocycles. The molecule has 1 N–H and O–H groups in total. The standard InChI is InChI=1S/C14H14N6O/c21-14(11-1-2-12-13(5-11)16-9-15-12)19-6-10(7-19)8-20-4-3-17-18-20/h1-5,9-10H,6-8H2,(H,15,16). The molecule has 1 aliphatic heterocycles. The summed E-state index contributed by atoms with van der Waals surface area (Å²) < 4.78 is 1.81. The highest BCUT2D eigenvalue weighted by Crippen LogP contribution is 2.21. The number of hydrogen-bond donors (Lipinski definition) is 1. The van der Waals surface area contributed by atoms with Crippen molar-refractivity contribution in [1.29, 1.82) is 0 Å². The molecule has 1 fully saturated rings. The molecule has 0 spiro atoms. The normalized spacial score (nSPS) is 15.3. The van der Waals surface area contributed by atoms with Gasteiger partial charge in [0.2, 0.25) is 0 Å². The molecule has 1 amide bonds. The molecule has 106 valence electrons. The largest absolute Gasteiger partial charge is 0.345 e. The second-order valence-electron chi connectivity index (χ2n) is 5.34. The fraction of sp³-hybridized carbons (Fsp3) is 0.286. The molecule has 21 heavy (non-hydrogen) atoms. The first-order chi connectivity index (χ1) is 10.3. The molecule has 1 aliphatic rings. The number of benzene rings is 1. The minimum absolute atomic E-state index is 0.0707. The number of carbonyl (C=O) groups is 1. The third-order valence-corrected chi connectivity index (χ3v) is 3.83. The lowest BCUT2D eigenvalue weighted by molar-refractivity contribution is 0.0460. The molecule has 0 atom stereocenters. The predicted molar refractivity (Wildman–Crippen MR) is 75.5 cm³/mol. The molecule has 3 heterocycles. The molecule has 0 bridgehead atoms. The number of aromatic amines is 1. The predicted octanol–water partition coefficient (Wildman–Crippen LogP) is 0.927. The number of likely N-dealkylation sites (tertiary alicyclic amines) is 1. The van der Waals surface area contributed by atoms with E-state index in [4.69, 9.17) is 0 Å². The Morgan fingerprint density at radius 1 is 1.38 bits per heavy atom. The van der Waals surface area contributed by atoms with Crippen LogP contribution in [0.3, 0.4) is 0 Å². The summed E-state index contributed by atoms with van der Waals surface area (Å²) in [6, 6.07) is 5.55. The molecule has 1 saturated heterocycles. The Balaban J connectivity index is 1.42. The van der Waals surface area contributed by atoms with Crippen molar-refractivity contribution < 1.29 is 4.79 Å². The van der Waals surface area contributed by atoms with Crippen LogP contribution in [0.5, 0.6) is 0 Å². The molecule has 3 aromatic rings. The van der Waals surface area contributed by atoms with Crippen LogP contribution in [0.25, 0.3) is 11.0 Å². The topological polar surface area (TPSA) is 79.7 Å². The van der Waals surface area contributed by atoms with Crippen molar-refractivity contribution in [3.05, 3.63) is 42.5 Å². The number of fused-ring (bicyclic) bond motifs is 1. The first-order valence-electron chi connectivity index (χ1n) is 6.86. The zero-order valence-corrected chi connectivity index (χ0v) is 11.3. The third kappa shape index (κ3) is 2.16. The molecule has 0 unspecified atom stereocenters. The molecule has 1 aromatic carbocycles. The highest BCUT2D eigenvalue weighted by Gasteiger charge is 2.31. The Labute approximate surface area is 120 Å². The van der Waals surface area contributed by atoms with Crippen LogP contribution >= 0.6 is 0 Å². The van der Waals surface area contributed by atoms with Gasteiger partial charge >= 0.3 is 0 Å². The molecule has 0 aliphatic carbocycles. The summed E-state index contributed by atoms with van der Waals surface area (Å²) in [5.74, 6) is 0.521. The van der Waals surface area contributed by atoms with E-state index in [1.807, 2.05) is 34.0 Å². The lowest BCUT2D eigenvalue weighted by Crippen LogP contribution is -2.51. The van der Waals surface area contributed by atoms with Gasteiger partial charge in [-0.3, -0.25) is 9.48 Å². The molecule has 0 saturated carbocycles. The van der Waals surface area contributed by atoms with Gasteiger partial charge in [0.1, 0.15) is 0 Å². The second-order valence-corrected chi connectivity index (χ2v) is 5.34. The van der Waals surface area contributed by atoms with Crippen molar-refractivity contribution in [1.82, 2.24) is 29.9 Å². The average Bonchev–Trinajstić information content (AvgIpc) is 3.11. The van der Waals surface area contributed by atoms with Gasteiger partial charge in [0.25, 0.3) is 5.91 Å². The zero-order chi connectivity index (χ0) is 14.2. The number of imidazole rings is 1. The summed E-state index contributed by atoms with van der Waals surface area (Å²) in [7, 11) is 0. The van der Waals surface area contributed by atoms with Crippen molar-refractivity contribution in [3.8, 4) is 0 Å². The summed E-state index contributed by atoms with van der Waals surface area (Å²) in [4.78, 5) is 21.4. The van der Waals surface area contributed by atoms with Gasteiger partial charge in [-0.25, -0.2) is 4.98 Å². The van der Waals surface area contributed by atoms with Crippen LogP contribution in [0.15, 0.2) is 36.9 Å². The number of nitrogens with zero attached hydrogens (tertiary/aromatic N) is 5. The maximum absolute atomic E-state index is 12.4. The van der Waals surface area contributed by atoms with Crippen LogP contribution in [0.4, 0.5) is 0 Å². The lowest BCUT2D eigenvalue weighted by Gasteiger charge is -2.39. The van der Waals surface area contributed by atoms with Gasteiger partial charge in [-0.05, 0) is 18.2 Å². The van der Waals surface area contributed by atoms with E-state index in [0.717, 1.165) is 30.7 Å². The molecular formula is C14H14N6O. The Morgan fingerprint density at radius 2 is 2.29 bits per heavy atom. The summed E-state index contributed by atoms with van der Waals surface area (Å²) in [6.45, 7) is 2.34. The zero-order valence-electron chi connectivity index (χ0n) is 11.3. The van der Waals surface area contributed by atoms with Crippen LogP contribution < -0.4 is 0 Å². The number of amides is 1. The molecule has 7 nitrogen and oxygen atoms in total. The molecular weight excluding hydrogens is 268 g/mol. The van der Waals surface area contributed by atoms with Crippen molar-refractivity contribution in [2.75, 3.05) is 13.1 Å². The van der Waals surface area contributed by atoms with Crippen molar-refractivity contribution in [2.45, 2.75) is 6.54 Å². The van der Waals surface area contributed by atoms with Crippen molar-refractivity contribution >= 4 is 16.9 Å². The monoisotopic (exact) mass is 282 g/mol. The fourth-order valence-electron chi connectivity index (χ4n) is 2.70. The van der Waals surface area contributed by atoms with E-state index in [1.165, 1.54) is 0 Å². The number of aromatic nitrogens is 5. The number of nitrogens with one attached hydrogen (secondary N) is 1. The summed E-state index contributed by atoms with van der Waals surface area (Å²) >= 11 is 0. The molecule has 7 heteroatoms. The number of H-pyrrole nitrogens is 1. The van der Waals surface area contributed by atoms with Crippen LogP contribution in [0.1, 0.15) is 10.4 Å². The lowest BCUT2D eigenvalue weighted by atomic mass is 9.99. The van der Waals surface area contributed by atoms with Gasteiger partial charge in [-0.2, -0.15) is 0 Å². The van der Waals surface area contributed by atoms with E-state index in [1.54, 1.807) is 12.5 Å². The van der Waals surface area contributed by atoms with Gasteiger partial charge < -0.3 is 9.88 Å². The Morgan fingerprint density at radius 3 is 3.10 bits per heavy atom. The number of hydrogen-bond acceptors (Lipinski definition) is 4. The molecule has 0 radical (unpaired) electrons. The van der Waals surface area contributed by atoms with E-state index in [-0.39, 0.29) is 5.91 Å². The summed E-state index contributed by atoms with van der Waals surface area (Å²) in [6.07, 6.45) is 5.15. The van der Waals surface area contributed by atoms with Crippen LogP contribution in [-0.2, 0) is 6.54 Å². The van der Waals surface area contributed by atoms with E-state index >= 15 is 0 Å². The Hall–Kier alpha value is -2.70. The smallest absolute Gasteiger partial charge is 0.253 e. The minimum Gasteiger partial charge on any atom is -0.345 e. The van der Waals surface area contributed by atoms with Gasteiger partial charge in [0.15, 0.2) is 0 Å². The van der Waals surface area contributed by atoms with Gasteiger partial charge in [0.05, 0.1) is 23.6 Å². The highest BCUT2D eigenvalue weighted by molar-refractivity contribution is 5.97. The number of carbonyl (C=O) groups excluding carboxylic acids is 1. The maximum atomic E-state index is 12.4. The van der Waals surface area contributed by atoms with Crippen LogP contribution in [0.2, 0.25) is 0 Å². The summed E-state index contributed by atoms with van der Waals surface area (Å²) in [5.41, 5.74) is 2.46. The Bertz CT molecular complexity index is 772. The quantitative estimate of drug-likeness (QED) is 0.775. The van der Waals surface area contributed by atoms with E-state index < -0.39 is 0 Å².